The lowest BCUT2D eigenvalue weighted by molar-refractivity contribution is -0.116. The van der Waals surface area contributed by atoms with Crippen LogP contribution in [0.3, 0.4) is 0 Å². The van der Waals surface area contributed by atoms with Crippen molar-refractivity contribution in [2.75, 3.05) is 50.0 Å². The van der Waals surface area contributed by atoms with Gasteiger partial charge in [0.05, 0.1) is 29.2 Å². The zero-order chi connectivity index (χ0) is 22.5. The zero-order valence-corrected chi connectivity index (χ0v) is 21.0. The van der Waals surface area contributed by atoms with E-state index in [1.54, 1.807) is 11.3 Å². The Hall–Kier alpha value is -1.35. The fourth-order valence-corrected chi connectivity index (χ4v) is 5.68. The Morgan fingerprint density at radius 1 is 1.19 bits per heavy atom. The molecule has 3 aromatic rings. The third-order valence-electron chi connectivity index (χ3n) is 5.40. The van der Waals surface area contributed by atoms with Crippen molar-refractivity contribution in [3.8, 4) is 0 Å². The highest BCUT2D eigenvalue weighted by molar-refractivity contribution is 8.00. The molecule has 0 radical (unpaired) electrons. The maximum atomic E-state index is 13.3. The molecule has 2 heterocycles. The van der Waals surface area contributed by atoms with E-state index >= 15 is 0 Å². The average Bonchev–Trinajstić information content (AvgIpc) is 3.24. The number of ether oxygens (including phenoxy) is 1. The number of anilines is 1. The van der Waals surface area contributed by atoms with E-state index in [9.17, 15) is 4.79 Å². The van der Waals surface area contributed by atoms with Crippen LogP contribution in [0.4, 0.5) is 5.13 Å². The molecule has 1 amide bonds. The Morgan fingerprint density at radius 2 is 1.94 bits per heavy atom. The van der Waals surface area contributed by atoms with Gasteiger partial charge in [-0.3, -0.25) is 14.6 Å². The molecule has 32 heavy (non-hydrogen) atoms. The number of aromatic nitrogens is 1. The Kier molecular flexibility index (Phi) is 8.32. The van der Waals surface area contributed by atoms with E-state index in [1.807, 2.05) is 48.2 Å². The van der Waals surface area contributed by atoms with E-state index in [1.165, 1.54) is 11.8 Å². The van der Waals surface area contributed by atoms with Gasteiger partial charge in [-0.15, -0.1) is 11.8 Å². The summed E-state index contributed by atoms with van der Waals surface area (Å²) in [6, 6.07) is 11.4. The molecule has 1 aromatic heterocycles. The van der Waals surface area contributed by atoms with Gasteiger partial charge in [0.2, 0.25) is 5.91 Å². The van der Waals surface area contributed by atoms with Gasteiger partial charge >= 0.3 is 0 Å². The highest BCUT2D eigenvalue weighted by Crippen LogP contribution is 2.34. The SMILES string of the molecule is Cc1c(Cl)ccc2sc(N(CCCN3CCOCC3)C(=O)CSc3ccc(Cl)cc3)nc12. The third kappa shape index (κ3) is 5.95. The summed E-state index contributed by atoms with van der Waals surface area (Å²) in [5, 5.41) is 2.11. The molecule has 0 atom stereocenters. The quantitative estimate of drug-likeness (QED) is 0.361. The Morgan fingerprint density at radius 3 is 2.69 bits per heavy atom. The summed E-state index contributed by atoms with van der Waals surface area (Å²) in [6.45, 7) is 6.97. The first-order chi connectivity index (χ1) is 15.5. The molecule has 1 aliphatic heterocycles. The number of fused-ring (bicyclic) bond motifs is 1. The molecule has 0 aliphatic carbocycles. The molecule has 0 unspecified atom stereocenters. The normalized spacial score (nSPS) is 14.7. The summed E-state index contributed by atoms with van der Waals surface area (Å²) in [7, 11) is 0. The number of thiazole rings is 1. The van der Waals surface area contributed by atoms with Crippen LogP contribution in [-0.2, 0) is 9.53 Å². The standard InChI is InChI=1S/C23H25Cl2N3O2S2/c1-16-19(25)7-8-20-22(16)26-23(32-20)28(10-2-9-27-11-13-30-14-12-27)21(29)15-31-18-5-3-17(24)4-6-18/h3-8H,2,9-15H2,1H3. The number of thioether (sulfide) groups is 1. The van der Waals surface area contributed by atoms with Crippen LogP contribution in [0.25, 0.3) is 10.2 Å². The van der Waals surface area contributed by atoms with Gasteiger partial charge in [0.1, 0.15) is 0 Å². The van der Waals surface area contributed by atoms with Gasteiger partial charge in [-0.05, 0) is 55.3 Å². The number of nitrogens with zero attached hydrogens (tertiary/aromatic N) is 3. The van der Waals surface area contributed by atoms with E-state index in [0.717, 1.165) is 65.1 Å². The minimum absolute atomic E-state index is 0.0507. The van der Waals surface area contributed by atoms with Crippen molar-refractivity contribution < 1.29 is 9.53 Å². The molecule has 5 nitrogen and oxygen atoms in total. The molecule has 0 N–H and O–H groups in total. The Balaban J connectivity index is 1.49. The summed E-state index contributed by atoms with van der Waals surface area (Å²) in [6.07, 6.45) is 0.882. The molecule has 0 bridgehead atoms. The first-order valence-electron chi connectivity index (χ1n) is 10.6. The van der Waals surface area contributed by atoms with Crippen molar-refractivity contribution in [2.24, 2.45) is 0 Å². The Labute approximate surface area is 206 Å². The lowest BCUT2D eigenvalue weighted by Gasteiger charge is -2.27. The number of benzene rings is 2. The molecular weight excluding hydrogens is 485 g/mol. The van der Waals surface area contributed by atoms with Crippen LogP contribution >= 0.6 is 46.3 Å². The first-order valence-corrected chi connectivity index (χ1v) is 13.1. The van der Waals surface area contributed by atoms with Crippen molar-refractivity contribution in [1.29, 1.82) is 0 Å². The summed E-state index contributed by atoms with van der Waals surface area (Å²) in [5.41, 5.74) is 1.82. The average molecular weight is 511 g/mol. The van der Waals surface area contributed by atoms with Crippen LogP contribution < -0.4 is 4.90 Å². The second kappa shape index (κ2) is 11.2. The van der Waals surface area contributed by atoms with Crippen LogP contribution in [0, 0.1) is 6.92 Å². The lowest BCUT2D eigenvalue weighted by Crippen LogP contribution is -2.39. The predicted molar refractivity (Wildman–Crippen MR) is 136 cm³/mol. The van der Waals surface area contributed by atoms with Gasteiger partial charge in [0, 0.05) is 41.1 Å². The van der Waals surface area contributed by atoms with E-state index in [-0.39, 0.29) is 5.91 Å². The maximum Gasteiger partial charge on any atom is 0.239 e. The number of aryl methyl sites for hydroxylation is 1. The summed E-state index contributed by atoms with van der Waals surface area (Å²) in [5.74, 6) is 0.393. The van der Waals surface area contributed by atoms with Crippen LogP contribution in [0.2, 0.25) is 10.0 Å². The highest BCUT2D eigenvalue weighted by atomic mass is 35.5. The second-order valence-electron chi connectivity index (χ2n) is 7.61. The van der Waals surface area contributed by atoms with Gasteiger partial charge in [0.15, 0.2) is 5.13 Å². The van der Waals surface area contributed by atoms with Gasteiger partial charge in [0.25, 0.3) is 0 Å². The fraction of sp³-hybridized carbons (Fsp3) is 0.391. The third-order valence-corrected chi connectivity index (χ3v) is 8.11. The van der Waals surface area contributed by atoms with Crippen molar-refractivity contribution in [2.45, 2.75) is 18.2 Å². The first kappa shape index (κ1) is 23.8. The molecule has 2 aromatic carbocycles. The molecular formula is C23H25Cl2N3O2S2. The van der Waals surface area contributed by atoms with E-state index in [4.69, 9.17) is 32.9 Å². The lowest BCUT2D eigenvalue weighted by atomic mass is 10.2. The fourth-order valence-electron chi connectivity index (χ4n) is 3.56. The van der Waals surface area contributed by atoms with Crippen LogP contribution in [0.1, 0.15) is 12.0 Å². The number of hydrogen-bond donors (Lipinski definition) is 0. The number of halogens is 2. The van der Waals surface area contributed by atoms with E-state index < -0.39 is 0 Å². The molecule has 1 saturated heterocycles. The topological polar surface area (TPSA) is 45.7 Å². The largest absolute Gasteiger partial charge is 0.379 e. The number of rotatable bonds is 8. The molecule has 1 fully saturated rings. The smallest absolute Gasteiger partial charge is 0.239 e. The summed E-state index contributed by atoms with van der Waals surface area (Å²) >= 11 is 15.3. The monoisotopic (exact) mass is 509 g/mol. The van der Waals surface area contributed by atoms with Crippen LogP contribution in [-0.4, -0.2) is 60.9 Å². The highest BCUT2D eigenvalue weighted by Gasteiger charge is 2.21. The number of morpholine rings is 1. The van der Waals surface area contributed by atoms with Gasteiger partial charge in [-0.2, -0.15) is 0 Å². The number of carbonyl (C=O) groups is 1. The molecule has 4 rings (SSSR count). The minimum Gasteiger partial charge on any atom is -0.379 e. The Bertz CT molecular complexity index is 1070. The van der Waals surface area contributed by atoms with Crippen molar-refractivity contribution in [1.82, 2.24) is 9.88 Å². The van der Waals surface area contributed by atoms with Gasteiger partial charge < -0.3 is 4.74 Å². The van der Waals surface area contributed by atoms with Crippen LogP contribution in [0.15, 0.2) is 41.3 Å². The second-order valence-corrected chi connectivity index (χ2v) is 10.5. The van der Waals surface area contributed by atoms with Crippen molar-refractivity contribution in [3.05, 3.63) is 52.0 Å². The number of amides is 1. The minimum atomic E-state index is 0.0507. The van der Waals surface area contributed by atoms with Crippen molar-refractivity contribution >= 4 is 67.6 Å². The van der Waals surface area contributed by atoms with E-state index in [2.05, 4.69) is 4.90 Å². The molecule has 0 saturated carbocycles. The number of carbonyl (C=O) groups excluding carboxylic acids is 1. The molecule has 0 spiro atoms. The van der Waals surface area contributed by atoms with Crippen LogP contribution in [0.5, 0.6) is 0 Å². The summed E-state index contributed by atoms with van der Waals surface area (Å²) < 4.78 is 6.47. The predicted octanol–water partition coefficient (Wildman–Crippen LogP) is 5.76. The van der Waals surface area contributed by atoms with E-state index in [0.29, 0.717) is 22.3 Å². The zero-order valence-electron chi connectivity index (χ0n) is 17.9. The molecule has 170 valence electrons. The van der Waals surface area contributed by atoms with Gasteiger partial charge in [-0.25, -0.2) is 4.98 Å². The number of hydrogen-bond acceptors (Lipinski definition) is 6. The summed E-state index contributed by atoms with van der Waals surface area (Å²) in [4.78, 5) is 23.3. The van der Waals surface area contributed by atoms with Crippen molar-refractivity contribution in [3.63, 3.8) is 0 Å². The van der Waals surface area contributed by atoms with Gasteiger partial charge in [-0.1, -0.05) is 34.5 Å². The molecule has 1 aliphatic rings. The molecule has 9 heteroatoms. The maximum absolute atomic E-state index is 13.3.